The van der Waals surface area contributed by atoms with E-state index in [0.717, 1.165) is 10.2 Å². The summed E-state index contributed by atoms with van der Waals surface area (Å²) in [5.74, 6) is 0.0659. The Morgan fingerprint density at radius 1 is 1.59 bits per heavy atom. The van der Waals surface area contributed by atoms with Crippen molar-refractivity contribution in [1.29, 1.82) is 0 Å². The third-order valence-electron chi connectivity index (χ3n) is 2.59. The summed E-state index contributed by atoms with van der Waals surface area (Å²) in [6, 6.07) is 5.20. The highest BCUT2D eigenvalue weighted by molar-refractivity contribution is 9.10. The molecule has 0 heterocycles. The minimum atomic E-state index is -0.264. The lowest BCUT2D eigenvalue weighted by Gasteiger charge is -2.22. The average Bonchev–Trinajstić information content (AvgIpc) is 2.30. The summed E-state index contributed by atoms with van der Waals surface area (Å²) < 4.78 is 0.858. The van der Waals surface area contributed by atoms with E-state index in [-0.39, 0.29) is 11.9 Å². The monoisotopic (exact) mass is 299 g/mol. The van der Waals surface area contributed by atoms with Crippen molar-refractivity contribution in [2.45, 2.75) is 19.9 Å². The third kappa shape index (κ3) is 3.63. The summed E-state index contributed by atoms with van der Waals surface area (Å²) in [6.45, 7) is 4.49. The number of carbonyl (C=O) groups excluding carboxylic acids is 1. The summed E-state index contributed by atoms with van der Waals surface area (Å²) >= 11 is 3.41. The minimum Gasteiger partial charge on any atom is -0.399 e. The molecule has 1 unspecified atom stereocenters. The first kappa shape index (κ1) is 13.8. The van der Waals surface area contributed by atoms with Crippen molar-refractivity contribution in [1.82, 2.24) is 4.90 Å². The van der Waals surface area contributed by atoms with Crippen molar-refractivity contribution < 1.29 is 4.79 Å². The maximum absolute atomic E-state index is 11.9. The molecule has 0 fully saturated rings. The largest absolute Gasteiger partial charge is 0.399 e. The van der Waals surface area contributed by atoms with Crippen molar-refractivity contribution in [3.05, 3.63) is 22.7 Å². The molecule has 0 aliphatic carbocycles. The highest BCUT2D eigenvalue weighted by atomic mass is 79.9. The van der Waals surface area contributed by atoms with E-state index in [2.05, 4.69) is 21.2 Å². The van der Waals surface area contributed by atoms with Gasteiger partial charge in [-0.25, -0.2) is 0 Å². The van der Waals surface area contributed by atoms with Crippen LogP contribution >= 0.6 is 15.9 Å². The van der Waals surface area contributed by atoms with Crippen LogP contribution in [0.5, 0.6) is 0 Å². The van der Waals surface area contributed by atoms with E-state index in [1.54, 1.807) is 18.0 Å². The van der Waals surface area contributed by atoms with Crippen molar-refractivity contribution in [2.75, 3.05) is 24.6 Å². The molecule has 0 aliphatic rings. The fourth-order valence-electron chi connectivity index (χ4n) is 1.43. The summed E-state index contributed by atoms with van der Waals surface area (Å²) in [4.78, 5) is 13.6. The van der Waals surface area contributed by atoms with E-state index < -0.39 is 0 Å². The van der Waals surface area contributed by atoms with E-state index >= 15 is 0 Å². The van der Waals surface area contributed by atoms with Crippen LogP contribution in [-0.2, 0) is 4.79 Å². The summed E-state index contributed by atoms with van der Waals surface area (Å²) in [5.41, 5.74) is 7.21. The van der Waals surface area contributed by atoms with Gasteiger partial charge in [0, 0.05) is 29.4 Å². The standard InChI is InChI=1S/C12H18BrN3O/c1-4-16(3)12(17)8(2)15-11-6-5-9(14)7-10(11)13/h5-8,15H,4,14H2,1-3H3. The van der Waals surface area contributed by atoms with Crippen LogP contribution < -0.4 is 11.1 Å². The molecular weight excluding hydrogens is 282 g/mol. The number of hydrogen-bond acceptors (Lipinski definition) is 3. The highest BCUT2D eigenvalue weighted by Crippen LogP contribution is 2.25. The van der Waals surface area contributed by atoms with Crippen molar-refractivity contribution in [3.63, 3.8) is 0 Å². The molecule has 5 heteroatoms. The number of benzene rings is 1. The smallest absolute Gasteiger partial charge is 0.244 e. The minimum absolute atomic E-state index is 0.0659. The number of amides is 1. The molecule has 1 aromatic rings. The Morgan fingerprint density at radius 3 is 2.76 bits per heavy atom. The molecule has 4 nitrogen and oxygen atoms in total. The zero-order chi connectivity index (χ0) is 13.0. The molecule has 3 N–H and O–H groups in total. The lowest BCUT2D eigenvalue weighted by molar-refractivity contribution is -0.130. The average molecular weight is 300 g/mol. The fourth-order valence-corrected chi connectivity index (χ4v) is 1.94. The molecule has 0 aromatic heterocycles. The van der Waals surface area contributed by atoms with Crippen LogP contribution in [0.25, 0.3) is 0 Å². The van der Waals surface area contributed by atoms with Crippen LogP contribution in [0.3, 0.4) is 0 Å². The van der Waals surface area contributed by atoms with Gasteiger partial charge in [0.15, 0.2) is 0 Å². The lowest BCUT2D eigenvalue weighted by Crippen LogP contribution is -2.38. The molecule has 1 amide bonds. The lowest BCUT2D eigenvalue weighted by atomic mass is 10.2. The van der Waals surface area contributed by atoms with E-state index in [0.29, 0.717) is 12.2 Å². The van der Waals surface area contributed by atoms with Crippen LogP contribution in [-0.4, -0.2) is 30.4 Å². The first-order valence-electron chi connectivity index (χ1n) is 5.52. The van der Waals surface area contributed by atoms with E-state index in [1.807, 2.05) is 26.0 Å². The quantitative estimate of drug-likeness (QED) is 0.839. The van der Waals surface area contributed by atoms with Gasteiger partial charge < -0.3 is 16.0 Å². The van der Waals surface area contributed by atoms with Gasteiger partial charge in [-0.2, -0.15) is 0 Å². The van der Waals surface area contributed by atoms with Crippen molar-refractivity contribution in [2.24, 2.45) is 0 Å². The molecule has 17 heavy (non-hydrogen) atoms. The molecule has 0 radical (unpaired) electrons. The van der Waals surface area contributed by atoms with Gasteiger partial charge in [0.2, 0.25) is 5.91 Å². The molecular formula is C12H18BrN3O. The predicted octanol–water partition coefficient (Wildman–Crippen LogP) is 2.31. The maximum Gasteiger partial charge on any atom is 0.244 e. The number of hydrogen-bond donors (Lipinski definition) is 2. The summed E-state index contributed by atoms with van der Waals surface area (Å²) in [6.07, 6.45) is 0. The summed E-state index contributed by atoms with van der Waals surface area (Å²) in [7, 11) is 1.79. The number of halogens is 1. The SMILES string of the molecule is CCN(C)C(=O)C(C)Nc1ccc(N)cc1Br. The number of rotatable bonds is 4. The van der Waals surface area contributed by atoms with E-state index in [9.17, 15) is 4.79 Å². The fraction of sp³-hybridized carbons (Fsp3) is 0.417. The first-order valence-corrected chi connectivity index (χ1v) is 6.31. The molecule has 0 bridgehead atoms. The zero-order valence-corrected chi connectivity index (χ0v) is 11.9. The van der Waals surface area contributed by atoms with E-state index in [1.165, 1.54) is 0 Å². The molecule has 0 saturated carbocycles. The highest BCUT2D eigenvalue weighted by Gasteiger charge is 2.16. The second kappa shape index (κ2) is 5.91. The molecule has 0 spiro atoms. The molecule has 1 rings (SSSR count). The van der Waals surface area contributed by atoms with Gasteiger partial charge in [0.1, 0.15) is 6.04 Å². The number of nitrogens with one attached hydrogen (secondary N) is 1. The van der Waals surface area contributed by atoms with Gasteiger partial charge in [0.25, 0.3) is 0 Å². The number of nitrogen functional groups attached to an aromatic ring is 1. The van der Waals surface area contributed by atoms with Crippen molar-refractivity contribution >= 4 is 33.2 Å². The van der Waals surface area contributed by atoms with Gasteiger partial charge in [0.05, 0.1) is 0 Å². The Hall–Kier alpha value is -1.23. The molecule has 1 aromatic carbocycles. The van der Waals surface area contributed by atoms with E-state index in [4.69, 9.17) is 5.73 Å². The third-order valence-corrected chi connectivity index (χ3v) is 3.24. The number of carbonyl (C=O) groups is 1. The number of nitrogens with zero attached hydrogens (tertiary/aromatic N) is 1. The second-order valence-corrected chi connectivity index (χ2v) is 4.81. The van der Waals surface area contributed by atoms with Crippen LogP contribution in [0.1, 0.15) is 13.8 Å². The second-order valence-electron chi connectivity index (χ2n) is 3.96. The topological polar surface area (TPSA) is 58.4 Å². The molecule has 0 aliphatic heterocycles. The number of likely N-dealkylation sites (N-methyl/N-ethyl adjacent to an activating group) is 1. The first-order chi connectivity index (χ1) is 7.95. The molecule has 0 saturated heterocycles. The molecule has 94 valence electrons. The predicted molar refractivity (Wildman–Crippen MR) is 75.0 cm³/mol. The van der Waals surface area contributed by atoms with Gasteiger partial charge in [-0.3, -0.25) is 4.79 Å². The van der Waals surface area contributed by atoms with Crippen LogP contribution in [0.15, 0.2) is 22.7 Å². The Balaban J connectivity index is 2.74. The molecule has 1 atom stereocenters. The van der Waals surface area contributed by atoms with Crippen LogP contribution in [0.2, 0.25) is 0 Å². The Kier molecular flexibility index (Phi) is 4.81. The van der Waals surface area contributed by atoms with Gasteiger partial charge in [-0.05, 0) is 48.0 Å². The number of anilines is 2. The van der Waals surface area contributed by atoms with Crippen LogP contribution in [0, 0.1) is 0 Å². The van der Waals surface area contributed by atoms with Gasteiger partial charge in [-0.15, -0.1) is 0 Å². The Bertz CT molecular complexity index is 409. The Morgan fingerprint density at radius 2 is 2.24 bits per heavy atom. The van der Waals surface area contributed by atoms with Crippen molar-refractivity contribution in [3.8, 4) is 0 Å². The number of nitrogens with two attached hydrogens (primary N) is 1. The van der Waals surface area contributed by atoms with Gasteiger partial charge >= 0.3 is 0 Å². The Labute approximate surface area is 110 Å². The van der Waals surface area contributed by atoms with Gasteiger partial charge in [-0.1, -0.05) is 0 Å². The zero-order valence-electron chi connectivity index (χ0n) is 10.3. The summed E-state index contributed by atoms with van der Waals surface area (Å²) in [5, 5.41) is 3.16. The normalized spacial score (nSPS) is 12.0. The van der Waals surface area contributed by atoms with Crippen LogP contribution in [0.4, 0.5) is 11.4 Å². The maximum atomic E-state index is 11.9.